The molecule has 0 spiro atoms. The second-order valence-electron chi connectivity index (χ2n) is 10.5. The molecule has 0 radical (unpaired) electrons. The summed E-state index contributed by atoms with van der Waals surface area (Å²) >= 11 is 1.34. The highest BCUT2D eigenvalue weighted by atomic mass is 32.1. The fourth-order valence-corrected chi connectivity index (χ4v) is 5.89. The van der Waals surface area contributed by atoms with Gasteiger partial charge in [-0.2, -0.15) is 0 Å². The van der Waals surface area contributed by atoms with Crippen molar-refractivity contribution in [3.8, 4) is 5.75 Å². The Labute approximate surface area is 244 Å². The number of hydrogen-bond donors (Lipinski definition) is 1. The minimum atomic E-state index is -0.310. The van der Waals surface area contributed by atoms with E-state index >= 15 is 0 Å². The predicted octanol–water partition coefficient (Wildman–Crippen LogP) is 4.95. The summed E-state index contributed by atoms with van der Waals surface area (Å²) in [5.41, 5.74) is 2.85. The van der Waals surface area contributed by atoms with Crippen LogP contribution in [0.5, 0.6) is 5.75 Å². The number of carbonyl (C=O) groups is 2. The molecule has 0 saturated carbocycles. The van der Waals surface area contributed by atoms with E-state index in [2.05, 4.69) is 40.1 Å². The van der Waals surface area contributed by atoms with Gasteiger partial charge in [-0.15, -0.1) is 11.3 Å². The van der Waals surface area contributed by atoms with Crippen molar-refractivity contribution in [3.63, 3.8) is 0 Å². The molecule has 0 aliphatic carbocycles. The van der Waals surface area contributed by atoms with Crippen LogP contribution in [0.2, 0.25) is 0 Å². The van der Waals surface area contributed by atoms with E-state index in [1.165, 1.54) is 11.3 Å². The first kappa shape index (κ1) is 28.7. The van der Waals surface area contributed by atoms with Gasteiger partial charge in [-0.05, 0) is 48.7 Å². The number of para-hydroxylation sites is 1. The number of benzene rings is 2. The van der Waals surface area contributed by atoms with E-state index in [0.29, 0.717) is 41.7 Å². The van der Waals surface area contributed by atoms with Gasteiger partial charge in [0.25, 0.3) is 11.8 Å². The van der Waals surface area contributed by atoms with Crippen molar-refractivity contribution in [1.29, 1.82) is 0 Å². The van der Waals surface area contributed by atoms with Gasteiger partial charge in [0.15, 0.2) is 5.01 Å². The molecule has 2 amide bonds. The number of nitrogens with zero attached hydrogens (tertiary/aromatic N) is 4. The molecule has 0 bridgehead atoms. The molecule has 1 N–H and O–H groups in total. The van der Waals surface area contributed by atoms with Gasteiger partial charge < -0.3 is 19.7 Å². The number of pyridine rings is 1. The number of rotatable bonds is 5. The van der Waals surface area contributed by atoms with Gasteiger partial charge in [0.2, 0.25) is 0 Å². The van der Waals surface area contributed by atoms with Crippen LogP contribution in [0.15, 0.2) is 67.0 Å². The van der Waals surface area contributed by atoms with Gasteiger partial charge in [-0.3, -0.25) is 19.5 Å². The lowest BCUT2D eigenvalue weighted by atomic mass is 10.0. The minimum Gasteiger partial charge on any atom is -0.491 e. The summed E-state index contributed by atoms with van der Waals surface area (Å²) in [7, 11) is 3.47. The Morgan fingerprint density at radius 1 is 1.15 bits per heavy atom. The molecule has 214 valence electrons. The molecule has 3 atom stereocenters. The lowest BCUT2D eigenvalue weighted by Gasteiger charge is -2.36. The van der Waals surface area contributed by atoms with Crippen molar-refractivity contribution in [1.82, 2.24) is 19.8 Å². The van der Waals surface area contributed by atoms with E-state index in [4.69, 9.17) is 9.47 Å². The topological polar surface area (TPSA) is 96.9 Å². The maximum atomic E-state index is 13.5. The van der Waals surface area contributed by atoms with Gasteiger partial charge >= 0.3 is 0 Å². The van der Waals surface area contributed by atoms with E-state index < -0.39 is 0 Å². The second kappa shape index (κ2) is 12.8. The van der Waals surface area contributed by atoms with Crippen LogP contribution in [0.4, 0.5) is 5.69 Å². The Balaban J connectivity index is 1.42. The van der Waals surface area contributed by atoms with Crippen molar-refractivity contribution in [2.75, 3.05) is 39.2 Å². The molecule has 5 rings (SSSR count). The molecule has 4 aromatic rings. The quantitative estimate of drug-likeness (QED) is 0.361. The average Bonchev–Trinajstić information content (AvgIpc) is 3.43. The summed E-state index contributed by atoms with van der Waals surface area (Å²) in [6.07, 6.45) is 3.50. The van der Waals surface area contributed by atoms with Crippen LogP contribution in [0.25, 0.3) is 10.2 Å². The van der Waals surface area contributed by atoms with Crippen LogP contribution >= 0.6 is 11.3 Å². The van der Waals surface area contributed by atoms with Gasteiger partial charge in [0, 0.05) is 64.0 Å². The number of amides is 2. The van der Waals surface area contributed by atoms with E-state index in [9.17, 15) is 9.59 Å². The second-order valence-corrected chi connectivity index (χ2v) is 11.6. The first-order valence-electron chi connectivity index (χ1n) is 13.7. The molecule has 0 fully saturated rings. The van der Waals surface area contributed by atoms with Gasteiger partial charge in [-0.25, -0.2) is 4.98 Å². The zero-order valence-corrected chi connectivity index (χ0v) is 24.6. The number of carbonyl (C=O) groups excluding carboxylic acids is 2. The van der Waals surface area contributed by atoms with Gasteiger partial charge in [-0.1, -0.05) is 25.1 Å². The van der Waals surface area contributed by atoms with Crippen molar-refractivity contribution in [2.45, 2.75) is 32.5 Å². The molecular weight excluding hydrogens is 538 g/mol. The molecular formula is C31H35N5O4S. The monoisotopic (exact) mass is 573 g/mol. The SMILES string of the molecule is CO[C@H]1CN(C)C(=O)c2ccc(NC(=O)c3nc4ccccc4s3)cc2OC[C@@H](C)N(Cc2cccnc2)C[C@H]1C. The molecule has 0 saturated heterocycles. The predicted molar refractivity (Wildman–Crippen MR) is 161 cm³/mol. The van der Waals surface area contributed by atoms with Crippen molar-refractivity contribution in [3.05, 3.63) is 83.1 Å². The van der Waals surface area contributed by atoms with E-state index in [1.807, 2.05) is 36.5 Å². The molecule has 2 aromatic carbocycles. The largest absolute Gasteiger partial charge is 0.491 e. The van der Waals surface area contributed by atoms with E-state index in [-0.39, 0.29) is 29.9 Å². The molecule has 9 nitrogen and oxygen atoms in total. The Hall–Kier alpha value is -3.86. The summed E-state index contributed by atoms with van der Waals surface area (Å²) < 4.78 is 13.1. The maximum absolute atomic E-state index is 13.5. The molecule has 1 aliphatic rings. The first-order valence-corrected chi connectivity index (χ1v) is 14.5. The zero-order chi connectivity index (χ0) is 28.9. The standard InChI is InChI=1S/C31H35N5O4S/c1-20-16-36(17-22-8-7-13-32-15-22)21(2)19-40-26-14-23(11-12-24(26)31(38)35(3)18-27(20)39-4)33-29(37)30-34-25-9-5-6-10-28(25)41-30/h5-15,20-21,27H,16-19H2,1-4H3,(H,33,37)/t20-,21-,27+/m1/s1. The maximum Gasteiger partial charge on any atom is 0.284 e. The third kappa shape index (κ3) is 6.73. The van der Waals surface area contributed by atoms with Crippen molar-refractivity contribution < 1.29 is 19.1 Å². The molecule has 0 unspecified atom stereocenters. The Morgan fingerprint density at radius 3 is 2.73 bits per heavy atom. The normalized spacial score (nSPS) is 20.5. The van der Waals surface area contributed by atoms with Crippen LogP contribution in [0, 0.1) is 5.92 Å². The molecule has 2 aromatic heterocycles. The van der Waals surface area contributed by atoms with Crippen LogP contribution in [-0.2, 0) is 11.3 Å². The highest BCUT2D eigenvalue weighted by Crippen LogP contribution is 2.28. The fraction of sp³-hybridized carbons (Fsp3) is 0.355. The fourth-order valence-electron chi connectivity index (χ4n) is 5.03. The highest BCUT2D eigenvalue weighted by molar-refractivity contribution is 7.20. The highest BCUT2D eigenvalue weighted by Gasteiger charge is 2.28. The third-order valence-corrected chi connectivity index (χ3v) is 8.47. The van der Waals surface area contributed by atoms with Crippen LogP contribution in [-0.4, -0.2) is 77.6 Å². The van der Waals surface area contributed by atoms with E-state index in [1.54, 1.807) is 43.5 Å². The van der Waals surface area contributed by atoms with Gasteiger partial charge in [0.1, 0.15) is 12.4 Å². The zero-order valence-electron chi connectivity index (χ0n) is 23.7. The summed E-state index contributed by atoms with van der Waals surface area (Å²) in [6.45, 7) is 6.51. The number of thiazole rings is 1. The average molecular weight is 574 g/mol. The lowest BCUT2D eigenvalue weighted by molar-refractivity contribution is 0.00920. The van der Waals surface area contributed by atoms with E-state index in [0.717, 1.165) is 22.3 Å². The summed E-state index contributed by atoms with van der Waals surface area (Å²) in [5, 5.41) is 3.29. The molecule has 41 heavy (non-hydrogen) atoms. The van der Waals surface area contributed by atoms with Crippen molar-refractivity contribution in [2.24, 2.45) is 5.92 Å². The lowest BCUT2D eigenvalue weighted by Crippen LogP contribution is -2.46. The van der Waals surface area contributed by atoms with Crippen LogP contribution in [0.1, 0.15) is 39.6 Å². The number of hydrogen-bond acceptors (Lipinski definition) is 8. The van der Waals surface area contributed by atoms with Crippen molar-refractivity contribution >= 4 is 39.1 Å². The summed E-state index contributed by atoms with van der Waals surface area (Å²) in [4.78, 5) is 39.3. The Kier molecular flexibility index (Phi) is 8.92. The summed E-state index contributed by atoms with van der Waals surface area (Å²) in [5.74, 6) is 0.0995. The number of nitrogens with one attached hydrogen (secondary N) is 1. The number of ether oxygens (including phenoxy) is 2. The molecule has 10 heteroatoms. The van der Waals surface area contributed by atoms with Crippen LogP contribution < -0.4 is 10.1 Å². The number of anilines is 1. The first-order chi connectivity index (χ1) is 19.8. The number of fused-ring (bicyclic) bond motifs is 2. The number of likely N-dealkylation sites (N-methyl/N-ethyl adjacent to an activating group) is 1. The smallest absolute Gasteiger partial charge is 0.284 e. The summed E-state index contributed by atoms with van der Waals surface area (Å²) in [6, 6.07) is 16.8. The van der Waals surface area contributed by atoms with Gasteiger partial charge in [0.05, 0.1) is 21.9 Å². The Bertz CT molecular complexity index is 1480. The van der Waals surface area contributed by atoms with Crippen LogP contribution in [0.3, 0.4) is 0 Å². The molecule has 1 aliphatic heterocycles. The Morgan fingerprint density at radius 2 is 1.98 bits per heavy atom. The number of methoxy groups -OCH3 is 1. The number of aromatic nitrogens is 2. The molecule has 3 heterocycles. The minimum absolute atomic E-state index is 0.0243. The third-order valence-electron chi connectivity index (χ3n) is 7.43.